The quantitative estimate of drug-likeness (QED) is 0.765. The van der Waals surface area contributed by atoms with Gasteiger partial charge in [0.2, 0.25) is 0 Å². The summed E-state index contributed by atoms with van der Waals surface area (Å²) >= 11 is 0. The molecule has 0 aromatic heterocycles. The van der Waals surface area contributed by atoms with E-state index in [9.17, 15) is 0 Å². The molecule has 106 valence electrons. The molecule has 1 saturated heterocycles. The summed E-state index contributed by atoms with van der Waals surface area (Å²) in [6.45, 7) is 6.58. The van der Waals surface area contributed by atoms with Gasteiger partial charge in [-0.25, -0.2) is 0 Å². The van der Waals surface area contributed by atoms with Crippen LogP contribution >= 0.6 is 0 Å². The van der Waals surface area contributed by atoms with E-state index in [1.54, 1.807) is 7.11 Å². The van der Waals surface area contributed by atoms with Crippen LogP contribution in [-0.4, -0.2) is 40.0 Å². The summed E-state index contributed by atoms with van der Waals surface area (Å²) in [6, 6.07) is 8.81. The minimum atomic E-state index is 0.252. The van der Waals surface area contributed by atoms with Crippen molar-refractivity contribution in [2.75, 3.05) is 40.0 Å². The van der Waals surface area contributed by atoms with Gasteiger partial charge in [0.1, 0.15) is 0 Å². The molecule has 3 heteroatoms. The van der Waals surface area contributed by atoms with Crippen molar-refractivity contribution in [3.8, 4) is 0 Å². The van der Waals surface area contributed by atoms with Gasteiger partial charge in [-0.3, -0.25) is 0 Å². The van der Waals surface area contributed by atoms with Crippen LogP contribution in [0.15, 0.2) is 24.3 Å². The van der Waals surface area contributed by atoms with E-state index >= 15 is 0 Å². The molecule has 0 bridgehead atoms. The van der Waals surface area contributed by atoms with Crippen molar-refractivity contribution in [2.24, 2.45) is 5.41 Å². The number of ether oxygens (including phenoxy) is 2. The molecular formula is C16H25NO2. The van der Waals surface area contributed by atoms with E-state index in [-0.39, 0.29) is 5.41 Å². The van der Waals surface area contributed by atoms with Crippen LogP contribution in [0, 0.1) is 12.3 Å². The van der Waals surface area contributed by atoms with Gasteiger partial charge in [0, 0.05) is 32.2 Å². The molecule has 1 atom stereocenters. The second kappa shape index (κ2) is 7.04. The number of hydrogen-bond donors (Lipinski definition) is 1. The number of methoxy groups -OCH3 is 1. The molecule has 1 fully saturated rings. The predicted molar refractivity (Wildman–Crippen MR) is 77.5 cm³/mol. The Morgan fingerprint density at radius 2 is 2.32 bits per heavy atom. The maximum absolute atomic E-state index is 5.65. The number of aryl methyl sites for hydroxylation is 1. The second-order valence-corrected chi connectivity index (χ2v) is 5.64. The van der Waals surface area contributed by atoms with E-state index in [1.165, 1.54) is 11.1 Å². The predicted octanol–water partition coefficient (Wildman–Crippen LogP) is 2.18. The van der Waals surface area contributed by atoms with Gasteiger partial charge in [0.15, 0.2) is 0 Å². The molecule has 0 radical (unpaired) electrons. The Balaban J connectivity index is 1.95. The zero-order valence-electron chi connectivity index (χ0n) is 12.1. The highest BCUT2D eigenvalue weighted by Gasteiger charge is 2.34. The Labute approximate surface area is 116 Å². The first-order chi connectivity index (χ1) is 9.24. The highest BCUT2D eigenvalue weighted by atomic mass is 16.5. The van der Waals surface area contributed by atoms with E-state index in [0.29, 0.717) is 0 Å². The summed E-state index contributed by atoms with van der Waals surface area (Å²) < 4.78 is 10.7. The molecule has 1 aromatic carbocycles. The van der Waals surface area contributed by atoms with Gasteiger partial charge in [0.05, 0.1) is 13.2 Å². The minimum Gasteiger partial charge on any atom is -0.383 e. The van der Waals surface area contributed by atoms with Gasteiger partial charge in [-0.15, -0.1) is 0 Å². The third-order valence-corrected chi connectivity index (χ3v) is 3.83. The van der Waals surface area contributed by atoms with E-state index in [0.717, 1.165) is 45.8 Å². The number of benzene rings is 1. The summed E-state index contributed by atoms with van der Waals surface area (Å²) in [5, 5.41) is 3.50. The van der Waals surface area contributed by atoms with Crippen LogP contribution in [0.2, 0.25) is 0 Å². The van der Waals surface area contributed by atoms with Gasteiger partial charge in [-0.1, -0.05) is 29.8 Å². The number of nitrogens with one attached hydrogen (secondary N) is 1. The standard InChI is InChI=1S/C16H25NO2/c1-14-4-3-5-15(10-14)11-16(6-8-19-13-16)12-17-7-9-18-2/h3-5,10,17H,6-9,11-13H2,1-2H3. The van der Waals surface area contributed by atoms with Crippen molar-refractivity contribution in [2.45, 2.75) is 19.8 Å². The Morgan fingerprint density at radius 1 is 1.42 bits per heavy atom. The summed E-state index contributed by atoms with van der Waals surface area (Å²) in [5.74, 6) is 0. The molecule has 1 N–H and O–H groups in total. The molecule has 1 unspecified atom stereocenters. The van der Waals surface area contributed by atoms with Gasteiger partial charge >= 0.3 is 0 Å². The normalized spacial score (nSPS) is 22.8. The molecule has 1 heterocycles. The highest BCUT2D eigenvalue weighted by Crippen LogP contribution is 2.32. The SMILES string of the molecule is COCCNCC1(Cc2cccc(C)c2)CCOC1. The lowest BCUT2D eigenvalue weighted by Gasteiger charge is -2.28. The molecule has 0 aliphatic carbocycles. The van der Waals surface area contributed by atoms with Crippen LogP contribution in [0.4, 0.5) is 0 Å². The Bertz CT molecular complexity index is 386. The minimum absolute atomic E-state index is 0.252. The van der Waals surface area contributed by atoms with E-state index in [4.69, 9.17) is 9.47 Å². The molecule has 1 aliphatic rings. The molecule has 2 rings (SSSR count). The summed E-state index contributed by atoms with van der Waals surface area (Å²) in [4.78, 5) is 0. The zero-order valence-corrected chi connectivity index (χ0v) is 12.1. The van der Waals surface area contributed by atoms with Crippen molar-refractivity contribution in [3.63, 3.8) is 0 Å². The van der Waals surface area contributed by atoms with Gasteiger partial charge in [0.25, 0.3) is 0 Å². The van der Waals surface area contributed by atoms with Crippen molar-refractivity contribution < 1.29 is 9.47 Å². The van der Waals surface area contributed by atoms with Crippen LogP contribution < -0.4 is 5.32 Å². The third kappa shape index (κ3) is 4.30. The van der Waals surface area contributed by atoms with Crippen LogP contribution in [0.3, 0.4) is 0 Å². The monoisotopic (exact) mass is 263 g/mol. The Kier molecular flexibility index (Phi) is 5.37. The van der Waals surface area contributed by atoms with Crippen molar-refractivity contribution in [3.05, 3.63) is 35.4 Å². The maximum Gasteiger partial charge on any atom is 0.0587 e. The smallest absolute Gasteiger partial charge is 0.0587 e. The topological polar surface area (TPSA) is 30.5 Å². The number of rotatable bonds is 7. The zero-order chi connectivity index (χ0) is 13.6. The Hall–Kier alpha value is -0.900. The van der Waals surface area contributed by atoms with E-state index in [2.05, 4.69) is 36.5 Å². The molecule has 0 amide bonds. The molecule has 19 heavy (non-hydrogen) atoms. The summed E-state index contributed by atoms with van der Waals surface area (Å²) in [7, 11) is 1.74. The first-order valence-corrected chi connectivity index (χ1v) is 7.07. The largest absolute Gasteiger partial charge is 0.383 e. The number of hydrogen-bond acceptors (Lipinski definition) is 3. The summed E-state index contributed by atoms with van der Waals surface area (Å²) in [6.07, 6.45) is 2.23. The molecule has 0 spiro atoms. The average molecular weight is 263 g/mol. The van der Waals surface area contributed by atoms with Crippen LogP contribution in [-0.2, 0) is 15.9 Å². The van der Waals surface area contributed by atoms with Crippen molar-refractivity contribution in [1.29, 1.82) is 0 Å². The average Bonchev–Trinajstić information content (AvgIpc) is 2.84. The maximum atomic E-state index is 5.65. The fourth-order valence-electron chi connectivity index (χ4n) is 2.77. The van der Waals surface area contributed by atoms with Crippen LogP contribution in [0.25, 0.3) is 0 Å². The third-order valence-electron chi connectivity index (χ3n) is 3.83. The van der Waals surface area contributed by atoms with E-state index in [1.807, 2.05) is 0 Å². The fourth-order valence-corrected chi connectivity index (χ4v) is 2.77. The molecule has 0 saturated carbocycles. The lowest BCUT2D eigenvalue weighted by molar-refractivity contribution is 0.145. The lowest BCUT2D eigenvalue weighted by atomic mass is 9.80. The highest BCUT2D eigenvalue weighted by molar-refractivity contribution is 5.23. The molecule has 1 aromatic rings. The second-order valence-electron chi connectivity index (χ2n) is 5.64. The van der Waals surface area contributed by atoms with Gasteiger partial charge in [-0.05, 0) is 25.3 Å². The molecule has 1 aliphatic heterocycles. The van der Waals surface area contributed by atoms with Crippen LogP contribution in [0.1, 0.15) is 17.5 Å². The van der Waals surface area contributed by atoms with E-state index < -0.39 is 0 Å². The first-order valence-electron chi connectivity index (χ1n) is 7.07. The Morgan fingerprint density at radius 3 is 3.00 bits per heavy atom. The fraction of sp³-hybridized carbons (Fsp3) is 0.625. The van der Waals surface area contributed by atoms with Crippen molar-refractivity contribution >= 4 is 0 Å². The molecular weight excluding hydrogens is 238 g/mol. The lowest BCUT2D eigenvalue weighted by Crippen LogP contribution is -2.38. The van der Waals surface area contributed by atoms with Gasteiger partial charge in [-0.2, -0.15) is 0 Å². The van der Waals surface area contributed by atoms with Gasteiger partial charge < -0.3 is 14.8 Å². The summed E-state index contributed by atoms with van der Waals surface area (Å²) in [5.41, 5.74) is 3.00. The first kappa shape index (κ1) is 14.5. The molecule has 3 nitrogen and oxygen atoms in total. The van der Waals surface area contributed by atoms with Crippen molar-refractivity contribution in [1.82, 2.24) is 5.32 Å². The van der Waals surface area contributed by atoms with Crippen LogP contribution in [0.5, 0.6) is 0 Å².